The number of H-pyrrole nitrogens is 1. The molecule has 0 aliphatic rings. The summed E-state index contributed by atoms with van der Waals surface area (Å²) in [5.74, 6) is 0.562. The number of guanidine groups is 1. The summed E-state index contributed by atoms with van der Waals surface area (Å²) < 4.78 is 13.3. The molecule has 0 saturated heterocycles. The molecule has 3 rings (SSSR count). The predicted octanol–water partition coefficient (Wildman–Crippen LogP) is 3.52. The van der Waals surface area contributed by atoms with Crippen molar-refractivity contribution in [2.24, 2.45) is 4.99 Å². The SMILES string of the molecule is CN=C(NCCc1c[nH]c2ccccc12)NCc1ccc(F)c(C)c1. The third-order valence-corrected chi connectivity index (χ3v) is 4.27. The number of aromatic nitrogens is 1. The first-order chi connectivity index (χ1) is 12.2. The van der Waals surface area contributed by atoms with Gasteiger partial charge in [0.1, 0.15) is 5.82 Å². The zero-order chi connectivity index (χ0) is 17.6. The highest BCUT2D eigenvalue weighted by atomic mass is 19.1. The van der Waals surface area contributed by atoms with Gasteiger partial charge in [-0.05, 0) is 42.2 Å². The number of nitrogens with zero attached hydrogens (tertiary/aromatic N) is 1. The standard InChI is InChI=1S/C20H23FN4/c1-14-11-15(7-8-18(14)21)12-25-20(22-2)23-10-9-16-13-24-19-6-4-3-5-17(16)19/h3-8,11,13,24H,9-10,12H2,1-2H3,(H2,22,23,25). The van der Waals surface area contributed by atoms with Crippen molar-refractivity contribution >= 4 is 16.9 Å². The number of aliphatic imine (C=N–C) groups is 1. The van der Waals surface area contributed by atoms with E-state index in [1.54, 1.807) is 20.0 Å². The van der Waals surface area contributed by atoms with Crippen LogP contribution in [0.25, 0.3) is 10.9 Å². The predicted molar refractivity (Wildman–Crippen MR) is 101 cm³/mol. The second-order valence-corrected chi connectivity index (χ2v) is 6.05. The van der Waals surface area contributed by atoms with E-state index in [0.717, 1.165) is 30.0 Å². The van der Waals surface area contributed by atoms with E-state index in [2.05, 4.69) is 45.0 Å². The number of para-hydroxylation sites is 1. The number of fused-ring (bicyclic) bond motifs is 1. The number of aromatic amines is 1. The zero-order valence-corrected chi connectivity index (χ0v) is 14.6. The van der Waals surface area contributed by atoms with Gasteiger partial charge in [0.25, 0.3) is 0 Å². The lowest BCUT2D eigenvalue weighted by Crippen LogP contribution is -2.37. The van der Waals surface area contributed by atoms with Gasteiger partial charge in [0.05, 0.1) is 0 Å². The first kappa shape index (κ1) is 17.0. The van der Waals surface area contributed by atoms with Crippen molar-refractivity contribution in [1.82, 2.24) is 15.6 Å². The molecule has 0 aliphatic carbocycles. The normalized spacial score (nSPS) is 11.7. The number of hydrogen-bond donors (Lipinski definition) is 3. The number of nitrogens with one attached hydrogen (secondary N) is 3. The minimum atomic E-state index is -0.176. The van der Waals surface area contributed by atoms with Gasteiger partial charge in [0.2, 0.25) is 0 Å². The minimum Gasteiger partial charge on any atom is -0.361 e. The smallest absolute Gasteiger partial charge is 0.191 e. The van der Waals surface area contributed by atoms with Crippen LogP contribution in [0.15, 0.2) is 53.7 Å². The number of halogens is 1. The van der Waals surface area contributed by atoms with Crippen LogP contribution in [0.5, 0.6) is 0 Å². The molecule has 25 heavy (non-hydrogen) atoms. The molecule has 0 fully saturated rings. The summed E-state index contributed by atoms with van der Waals surface area (Å²) >= 11 is 0. The summed E-state index contributed by atoms with van der Waals surface area (Å²) in [6, 6.07) is 13.4. The third kappa shape index (κ3) is 4.18. The van der Waals surface area contributed by atoms with Crippen molar-refractivity contribution in [3.05, 3.63) is 71.2 Å². The molecule has 1 aromatic heterocycles. The van der Waals surface area contributed by atoms with Crippen LogP contribution in [0.3, 0.4) is 0 Å². The van der Waals surface area contributed by atoms with Gasteiger partial charge in [-0.25, -0.2) is 4.39 Å². The molecule has 0 spiro atoms. The Morgan fingerprint density at radius 3 is 2.80 bits per heavy atom. The lowest BCUT2D eigenvalue weighted by atomic mass is 10.1. The average Bonchev–Trinajstić information content (AvgIpc) is 3.04. The van der Waals surface area contributed by atoms with E-state index < -0.39 is 0 Å². The number of hydrogen-bond acceptors (Lipinski definition) is 1. The largest absolute Gasteiger partial charge is 0.361 e. The fraction of sp³-hybridized carbons (Fsp3) is 0.250. The molecule has 0 saturated carbocycles. The second kappa shape index (κ2) is 7.83. The van der Waals surface area contributed by atoms with Crippen molar-refractivity contribution in [1.29, 1.82) is 0 Å². The number of aryl methyl sites for hydroxylation is 1. The number of benzene rings is 2. The second-order valence-electron chi connectivity index (χ2n) is 6.05. The van der Waals surface area contributed by atoms with E-state index in [-0.39, 0.29) is 5.82 Å². The molecular formula is C20H23FN4. The molecule has 2 aromatic carbocycles. The van der Waals surface area contributed by atoms with Gasteiger partial charge in [-0.3, -0.25) is 4.99 Å². The van der Waals surface area contributed by atoms with Gasteiger partial charge >= 0.3 is 0 Å². The van der Waals surface area contributed by atoms with Crippen LogP contribution >= 0.6 is 0 Å². The van der Waals surface area contributed by atoms with E-state index in [4.69, 9.17) is 0 Å². The summed E-state index contributed by atoms with van der Waals surface area (Å²) in [5, 5.41) is 7.84. The highest BCUT2D eigenvalue weighted by molar-refractivity contribution is 5.83. The van der Waals surface area contributed by atoms with Crippen LogP contribution in [-0.2, 0) is 13.0 Å². The van der Waals surface area contributed by atoms with Crippen molar-refractivity contribution in [2.75, 3.05) is 13.6 Å². The first-order valence-corrected chi connectivity index (χ1v) is 8.42. The first-order valence-electron chi connectivity index (χ1n) is 8.42. The summed E-state index contributed by atoms with van der Waals surface area (Å²) in [7, 11) is 1.75. The lowest BCUT2D eigenvalue weighted by Gasteiger charge is -2.12. The average molecular weight is 338 g/mol. The molecule has 0 atom stereocenters. The van der Waals surface area contributed by atoms with Crippen LogP contribution in [0.1, 0.15) is 16.7 Å². The fourth-order valence-corrected chi connectivity index (χ4v) is 2.88. The third-order valence-electron chi connectivity index (χ3n) is 4.27. The molecule has 0 amide bonds. The Labute approximate surface area is 147 Å². The van der Waals surface area contributed by atoms with Crippen molar-refractivity contribution in [3.63, 3.8) is 0 Å². The summed E-state index contributed by atoms with van der Waals surface area (Å²) in [6.07, 6.45) is 2.96. The van der Waals surface area contributed by atoms with Crippen molar-refractivity contribution < 1.29 is 4.39 Å². The molecule has 130 valence electrons. The Balaban J connectivity index is 1.51. The van der Waals surface area contributed by atoms with E-state index in [0.29, 0.717) is 12.1 Å². The fourth-order valence-electron chi connectivity index (χ4n) is 2.88. The zero-order valence-electron chi connectivity index (χ0n) is 14.6. The molecule has 3 N–H and O–H groups in total. The van der Waals surface area contributed by atoms with Gasteiger partial charge in [-0.1, -0.05) is 30.3 Å². The van der Waals surface area contributed by atoms with Crippen LogP contribution < -0.4 is 10.6 Å². The Hall–Kier alpha value is -2.82. The van der Waals surface area contributed by atoms with E-state index >= 15 is 0 Å². The molecule has 0 bridgehead atoms. The van der Waals surface area contributed by atoms with Crippen molar-refractivity contribution in [2.45, 2.75) is 19.9 Å². The monoisotopic (exact) mass is 338 g/mol. The maximum Gasteiger partial charge on any atom is 0.191 e. The Morgan fingerprint density at radius 1 is 1.16 bits per heavy atom. The molecule has 0 radical (unpaired) electrons. The van der Waals surface area contributed by atoms with Gasteiger partial charge in [-0.15, -0.1) is 0 Å². The highest BCUT2D eigenvalue weighted by Crippen LogP contribution is 2.17. The summed E-state index contributed by atoms with van der Waals surface area (Å²) in [6.45, 7) is 3.16. The molecule has 0 aliphatic heterocycles. The number of rotatable bonds is 5. The van der Waals surface area contributed by atoms with Crippen LogP contribution in [0.4, 0.5) is 4.39 Å². The van der Waals surface area contributed by atoms with E-state index in [9.17, 15) is 4.39 Å². The maximum absolute atomic E-state index is 13.3. The minimum absolute atomic E-state index is 0.176. The van der Waals surface area contributed by atoms with E-state index in [1.165, 1.54) is 17.0 Å². The highest BCUT2D eigenvalue weighted by Gasteiger charge is 2.04. The maximum atomic E-state index is 13.3. The van der Waals surface area contributed by atoms with Crippen LogP contribution in [-0.4, -0.2) is 24.5 Å². The molecule has 0 unspecified atom stereocenters. The summed E-state index contributed by atoms with van der Waals surface area (Å²) in [5.41, 5.74) is 4.12. The Morgan fingerprint density at radius 2 is 2.00 bits per heavy atom. The topological polar surface area (TPSA) is 52.2 Å². The molecule has 1 heterocycles. The molecule has 3 aromatic rings. The molecule has 5 heteroatoms. The lowest BCUT2D eigenvalue weighted by molar-refractivity contribution is 0.617. The van der Waals surface area contributed by atoms with Gasteiger partial charge in [0, 0.05) is 37.2 Å². The van der Waals surface area contributed by atoms with Crippen molar-refractivity contribution in [3.8, 4) is 0 Å². The Kier molecular flexibility index (Phi) is 5.33. The summed E-state index contributed by atoms with van der Waals surface area (Å²) in [4.78, 5) is 7.53. The van der Waals surface area contributed by atoms with Gasteiger partial charge in [0.15, 0.2) is 5.96 Å². The van der Waals surface area contributed by atoms with E-state index in [1.807, 2.05) is 12.1 Å². The molecule has 4 nitrogen and oxygen atoms in total. The Bertz CT molecular complexity index is 882. The molecular weight excluding hydrogens is 315 g/mol. The quantitative estimate of drug-likeness (QED) is 0.492. The van der Waals surface area contributed by atoms with Gasteiger partial charge < -0.3 is 15.6 Å². The van der Waals surface area contributed by atoms with Crippen LogP contribution in [0, 0.1) is 12.7 Å². The van der Waals surface area contributed by atoms with Gasteiger partial charge in [-0.2, -0.15) is 0 Å². The van der Waals surface area contributed by atoms with Crippen LogP contribution in [0.2, 0.25) is 0 Å².